The van der Waals surface area contributed by atoms with Gasteiger partial charge in [-0.1, -0.05) is 6.07 Å². The van der Waals surface area contributed by atoms with Crippen molar-refractivity contribution in [1.29, 1.82) is 0 Å². The topological polar surface area (TPSA) is 105 Å². The lowest BCUT2D eigenvalue weighted by Gasteiger charge is -2.08. The summed E-state index contributed by atoms with van der Waals surface area (Å²) in [5, 5.41) is 2.72. The van der Waals surface area contributed by atoms with Crippen molar-refractivity contribution in [2.45, 2.75) is 17.7 Å². The molecule has 0 radical (unpaired) electrons. The summed E-state index contributed by atoms with van der Waals surface area (Å²) in [6, 6.07) is 8.94. The van der Waals surface area contributed by atoms with Crippen molar-refractivity contribution in [3.05, 3.63) is 54.4 Å². The second kappa shape index (κ2) is 6.40. The largest absolute Gasteiger partial charge is 0.326 e. The quantitative estimate of drug-likeness (QED) is 0.855. The number of carbonyl (C=O) groups excluding carboxylic acids is 2. The van der Waals surface area contributed by atoms with E-state index < -0.39 is 15.9 Å². The first-order chi connectivity index (χ1) is 11.5. The minimum atomic E-state index is -4.00. The summed E-state index contributed by atoms with van der Waals surface area (Å²) in [6.45, 7) is 0. The van der Waals surface area contributed by atoms with Crippen molar-refractivity contribution in [2.75, 3.05) is 5.32 Å². The van der Waals surface area contributed by atoms with Gasteiger partial charge in [0.1, 0.15) is 4.90 Å². The molecule has 24 heavy (non-hydrogen) atoms. The standard InChI is InChI=1S/C16H15N3O4S/c20-15(11-6-7-11)18-13-4-1-3-12(9-13)16(21)19-24(22,23)14-5-2-8-17-10-14/h1-5,8-11H,6-7H2,(H,18,20)(H,19,21). The number of nitrogens with zero attached hydrogens (tertiary/aromatic N) is 1. The van der Waals surface area contributed by atoms with E-state index in [1.165, 1.54) is 30.5 Å². The number of pyridine rings is 1. The summed E-state index contributed by atoms with van der Waals surface area (Å²) < 4.78 is 26.3. The van der Waals surface area contributed by atoms with E-state index in [-0.39, 0.29) is 22.3 Å². The molecule has 1 aliphatic rings. The Morgan fingerprint density at radius 2 is 1.92 bits per heavy atom. The Morgan fingerprint density at radius 3 is 2.58 bits per heavy atom. The smallest absolute Gasteiger partial charge is 0.265 e. The molecule has 0 bridgehead atoms. The minimum Gasteiger partial charge on any atom is -0.326 e. The molecule has 1 fully saturated rings. The Hall–Kier alpha value is -2.74. The highest BCUT2D eigenvalue weighted by atomic mass is 32.2. The summed E-state index contributed by atoms with van der Waals surface area (Å²) in [7, 11) is -4.00. The van der Waals surface area contributed by atoms with Gasteiger partial charge in [0.25, 0.3) is 15.9 Å². The van der Waals surface area contributed by atoms with Crippen LogP contribution in [0.25, 0.3) is 0 Å². The molecule has 3 rings (SSSR count). The van der Waals surface area contributed by atoms with E-state index in [9.17, 15) is 18.0 Å². The second-order valence-corrected chi connectivity index (χ2v) is 7.15. The first kappa shape index (κ1) is 16.1. The van der Waals surface area contributed by atoms with Gasteiger partial charge in [-0.15, -0.1) is 0 Å². The molecule has 124 valence electrons. The maximum Gasteiger partial charge on any atom is 0.265 e. The summed E-state index contributed by atoms with van der Waals surface area (Å²) in [5.41, 5.74) is 0.592. The summed E-state index contributed by atoms with van der Waals surface area (Å²) in [6.07, 6.45) is 4.33. The summed E-state index contributed by atoms with van der Waals surface area (Å²) >= 11 is 0. The number of benzene rings is 1. The van der Waals surface area contributed by atoms with Gasteiger partial charge >= 0.3 is 0 Å². The zero-order valence-electron chi connectivity index (χ0n) is 12.6. The zero-order valence-corrected chi connectivity index (χ0v) is 13.4. The molecule has 8 heteroatoms. The first-order valence-corrected chi connectivity index (χ1v) is 8.82. The van der Waals surface area contributed by atoms with Crippen molar-refractivity contribution in [2.24, 2.45) is 5.92 Å². The number of anilines is 1. The molecule has 7 nitrogen and oxygen atoms in total. The molecule has 1 aromatic carbocycles. The molecular formula is C16H15N3O4S. The lowest BCUT2D eigenvalue weighted by molar-refractivity contribution is -0.117. The van der Waals surface area contributed by atoms with E-state index in [1.54, 1.807) is 12.1 Å². The van der Waals surface area contributed by atoms with Crippen molar-refractivity contribution in [1.82, 2.24) is 9.71 Å². The Balaban J connectivity index is 1.74. The first-order valence-electron chi connectivity index (χ1n) is 7.34. The molecule has 0 aliphatic heterocycles. The SMILES string of the molecule is O=C(NS(=O)(=O)c1cccnc1)c1cccc(NC(=O)C2CC2)c1. The van der Waals surface area contributed by atoms with Crippen LogP contribution in [0.2, 0.25) is 0 Å². The van der Waals surface area contributed by atoms with E-state index in [0.29, 0.717) is 5.69 Å². The van der Waals surface area contributed by atoms with Gasteiger partial charge in [-0.05, 0) is 43.2 Å². The van der Waals surface area contributed by atoms with Crippen LogP contribution in [0, 0.1) is 5.92 Å². The lowest BCUT2D eigenvalue weighted by atomic mass is 10.2. The molecule has 1 saturated carbocycles. The highest BCUT2D eigenvalue weighted by Crippen LogP contribution is 2.30. The Morgan fingerprint density at radius 1 is 1.12 bits per heavy atom. The molecule has 0 atom stereocenters. The van der Waals surface area contributed by atoms with Gasteiger partial charge in [-0.3, -0.25) is 14.6 Å². The van der Waals surface area contributed by atoms with Crippen molar-refractivity contribution in [3.63, 3.8) is 0 Å². The van der Waals surface area contributed by atoms with Crippen LogP contribution >= 0.6 is 0 Å². The molecule has 1 heterocycles. The number of nitrogens with one attached hydrogen (secondary N) is 2. The van der Waals surface area contributed by atoms with Crippen LogP contribution in [0.15, 0.2) is 53.7 Å². The van der Waals surface area contributed by atoms with Crippen LogP contribution in [-0.2, 0) is 14.8 Å². The van der Waals surface area contributed by atoms with Crippen LogP contribution in [0.3, 0.4) is 0 Å². The van der Waals surface area contributed by atoms with Crippen molar-refractivity contribution < 1.29 is 18.0 Å². The fourth-order valence-corrected chi connectivity index (χ4v) is 3.01. The predicted molar refractivity (Wildman–Crippen MR) is 86.7 cm³/mol. The Bertz CT molecular complexity index is 877. The molecule has 0 unspecified atom stereocenters. The number of amides is 2. The van der Waals surface area contributed by atoms with Gasteiger partial charge in [0.15, 0.2) is 0 Å². The number of sulfonamides is 1. The zero-order chi connectivity index (χ0) is 17.2. The molecule has 1 aliphatic carbocycles. The summed E-state index contributed by atoms with van der Waals surface area (Å²) in [4.78, 5) is 27.6. The maximum atomic E-state index is 12.2. The number of hydrogen-bond acceptors (Lipinski definition) is 5. The van der Waals surface area contributed by atoms with Gasteiger partial charge in [0.2, 0.25) is 5.91 Å². The van der Waals surface area contributed by atoms with Gasteiger partial charge in [-0.25, -0.2) is 13.1 Å². The summed E-state index contributed by atoms with van der Waals surface area (Å²) in [5.74, 6) is -0.828. The van der Waals surface area contributed by atoms with Gasteiger partial charge in [0, 0.05) is 29.6 Å². The fourth-order valence-electron chi connectivity index (χ4n) is 2.07. The van der Waals surface area contributed by atoms with E-state index >= 15 is 0 Å². The van der Waals surface area contributed by atoms with Crippen molar-refractivity contribution >= 4 is 27.5 Å². The average molecular weight is 345 g/mol. The highest BCUT2D eigenvalue weighted by Gasteiger charge is 2.29. The van der Waals surface area contributed by atoms with E-state index in [0.717, 1.165) is 19.0 Å². The Kier molecular flexibility index (Phi) is 4.30. The number of hydrogen-bond donors (Lipinski definition) is 2. The normalized spacial score (nSPS) is 14.0. The third-order valence-corrected chi connectivity index (χ3v) is 4.83. The number of carbonyl (C=O) groups is 2. The minimum absolute atomic E-state index is 0.0356. The number of aromatic nitrogens is 1. The monoisotopic (exact) mass is 345 g/mol. The molecular weight excluding hydrogens is 330 g/mol. The van der Waals surface area contributed by atoms with Crippen LogP contribution in [-0.4, -0.2) is 25.2 Å². The van der Waals surface area contributed by atoms with Crippen LogP contribution in [0.1, 0.15) is 23.2 Å². The highest BCUT2D eigenvalue weighted by molar-refractivity contribution is 7.90. The van der Waals surface area contributed by atoms with Crippen LogP contribution < -0.4 is 10.0 Å². The van der Waals surface area contributed by atoms with E-state index in [2.05, 4.69) is 10.3 Å². The van der Waals surface area contributed by atoms with E-state index in [4.69, 9.17) is 0 Å². The predicted octanol–water partition coefficient (Wildman–Crippen LogP) is 1.55. The molecule has 0 saturated heterocycles. The molecule has 1 aromatic heterocycles. The number of rotatable bonds is 5. The van der Waals surface area contributed by atoms with Crippen molar-refractivity contribution in [3.8, 4) is 0 Å². The average Bonchev–Trinajstić information content (AvgIpc) is 3.40. The van der Waals surface area contributed by atoms with E-state index in [1.807, 2.05) is 4.72 Å². The molecule has 2 aromatic rings. The lowest BCUT2D eigenvalue weighted by Crippen LogP contribution is -2.30. The van der Waals surface area contributed by atoms with Gasteiger partial charge < -0.3 is 5.32 Å². The molecule has 2 N–H and O–H groups in total. The fraction of sp³-hybridized carbons (Fsp3) is 0.188. The van der Waals surface area contributed by atoms with Crippen LogP contribution in [0.5, 0.6) is 0 Å². The van der Waals surface area contributed by atoms with Gasteiger partial charge in [-0.2, -0.15) is 0 Å². The maximum absolute atomic E-state index is 12.2. The third kappa shape index (κ3) is 3.77. The molecule has 2 amide bonds. The second-order valence-electron chi connectivity index (χ2n) is 5.47. The van der Waals surface area contributed by atoms with Gasteiger partial charge in [0.05, 0.1) is 0 Å². The molecule has 0 spiro atoms. The Labute approximate surface area is 139 Å². The third-order valence-electron chi connectivity index (χ3n) is 3.51. The van der Waals surface area contributed by atoms with Crippen LogP contribution in [0.4, 0.5) is 5.69 Å².